The highest BCUT2D eigenvalue weighted by molar-refractivity contribution is 6.07. The van der Waals surface area contributed by atoms with Gasteiger partial charge in [-0.1, -0.05) is 18.2 Å². The summed E-state index contributed by atoms with van der Waals surface area (Å²) in [6, 6.07) is 16.8. The van der Waals surface area contributed by atoms with Gasteiger partial charge in [0, 0.05) is 23.3 Å². The summed E-state index contributed by atoms with van der Waals surface area (Å²) in [4.78, 5) is 25.4. The van der Waals surface area contributed by atoms with Gasteiger partial charge in [0.2, 0.25) is 0 Å². The van der Waals surface area contributed by atoms with Gasteiger partial charge in [0.1, 0.15) is 11.5 Å². The molecule has 3 aromatic carbocycles. The second-order valence-corrected chi connectivity index (χ2v) is 6.60. The van der Waals surface area contributed by atoms with Crippen molar-refractivity contribution < 1.29 is 28.5 Å². The molecule has 0 atom stereocenters. The summed E-state index contributed by atoms with van der Waals surface area (Å²) in [6.07, 6.45) is 0. The molecule has 0 aliphatic carbocycles. The molecule has 2 N–H and O–H groups in total. The van der Waals surface area contributed by atoms with Gasteiger partial charge in [-0.25, -0.2) is 0 Å². The van der Waals surface area contributed by atoms with Gasteiger partial charge in [0.05, 0.1) is 39.8 Å². The third-order valence-electron chi connectivity index (χ3n) is 4.70. The molecule has 0 radical (unpaired) electrons. The normalized spacial score (nSPS) is 10.1. The van der Waals surface area contributed by atoms with Crippen LogP contribution in [0.3, 0.4) is 0 Å². The fraction of sp³-hybridized carbons (Fsp3) is 0.167. The van der Waals surface area contributed by atoms with Gasteiger partial charge in [-0.3, -0.25) is 9.59 Å². The van der Waals surface area contributed by atoms with Crippen molar-refractivity contribution in [3.63, 3.8) is 0 Å². The monoisotopic (exact) mass is 436 g/mol. The molecule has 3 rings (SSSR count). The topological polar surface area (TPSA) is 95.1 Å². The van der Waals surface area contributed by atoms with Crippen LogP contribution in [-0.4, -0.2) is 40.3 Å². The molecule has 2 amide bonds. The van der Waals surface area contributed by atoms with Crippen LogP contribution in [0.5, 0.6) is 23.0 Å². The number of rotatable bonds is 8. The van der Waals surface area contributed by atoms with E-state index in [9.17, 15) is 9.59 Å². The van der Waals surface area contributed by atoms with Crippen molar-refractivity contribution in [2.75, 3.05) is 39.1 Å². The number of carbonyl (C=O) groups excluding carboxylic acids is 2. The Morgan fingerprint density at radius 2 is 1.06 bits per heavy atom. The summed E-state index contributed by atoms with van der Waals surface area (Å²) in [5, 5.41) is 5.61. The largest absolute Gasteiger partial charge is 0.494 e. The SMILES string of the molecule is COc1cc(NC(=O)c2ccc(OC)c(OC)c2)c(OC)cc1NC(=O)c1ccccc1. The molecule has 166 valence electrons. The molecule has 3 aromatic rings. The van der Waals surface area contributed by atoms with Crippen molar-refractivity contribution >= 4 is 23.2 Å². The third-order valence-corrected chi connectivity index (χ3v) is 4.70. The van der Waals surface area contributed by atoms with Crippen LogP contribution < -0.4 is 29.6 Å². The molecule has 0 unspecified atom stereocenters. The van der Waals surface area contributed by atoms with Crippen molar-refractivity contribution in [1.82, 2.24) is 0 Å². The van der Waals surface area contributed by atoms with Gasteiger partial charge in [-0.05, 0) is 30.3 Å². The first-order valence-electron chi connectivity index (χ1n) is 9.66. The number of carbonyl (C=O) groups is 2. The van der Waals surface area contributed by atoms with Crippen molar-refractivity contribution in [2.24, 2.45) is 0 Å². The predicted octanol–water partition coefficient (Wildman–Crippen LogP) is 4.23. The first-order valence-corrected chi connectivity index (χ1v) is 9.66. The Morgan fingerprint density at radius 3 is 1.56 bits per heavy atom. The first-order chi connectivity index (χ1) is 15.5. The lowest BCUT2D eigenvalue weighted by Gasteiger charge is -2.16. The molecule has 0 fully saturated rings. The maximum Gasteiger partial charge on any atom is 0.255 e. The number of anilines is 2. The highest BCUT2D eigenvalue weighted by Crippen LogP contribution is 2.37. The number of nitrogens with one attached hydrogen (secondary N) is 2. The quantitative estimate of drug-likeness (QED) is 0.549. The van der Waals surface area contributed by atoms with Gasteiger partial charge in [-0.2, -0.15) is 0 Å². The Morgan fingerprint density at radius 1 is 0.562 bits per heavy atom. The minimum absolute atomic E-state index is 0.298. The third kappa shape index (κ3) is 4.92. The summed E-state index contributed by atoms with van der Waals surface area (Å²) < 4.78 is 21.3. The average Bonchev–Trinajstić information content (AvgIpc) is 2.84. The van der Waals surface area contributed by atoms with Crippen molar-refractivity contribution in [3.05, 3.63) is 71.8 Å². The summed E-state index contributed by atoms with van der Waals surface area (Å²) in [5.41, 5.74) is 1.65. The van der Waals surface area contributed by atoms with Crippen LogP contribution in [0.4, 0.5) is 11.4 Å². The number of hydrogen-bond donors (Lipinski definition) is 2. The molecule has 0 bridgehead atoms. The Labute approximate surface area is 186 Å². The summed E-state index contributed by atoms with van der Waals surface area (Å²) in [5.74, 6) is 0.978. The lowest BCUT2D eigenvalue weighted by molar-refractivity contribution is 0.101. The van der Waals surface area contributed by atoms with E-state index >= 15 is 0 Å². The molecule has 0 saturated carbocycles. The number of hydrogen-bond acceptors (Lipinski definition) is 6. The predicted molar refractivity (Wildman–Crippen MR) is 121 cm³/mol. The van der Waals surface area contributed by atoms with Crippen LogP contribution in [0.15, 0.2) is 60.7 Å². The summed E-state index contributed by atoms with van der Waals surface area (Å²) >= 11 is 0. The van der Waals surface area contributed by atoms with E-state index in [2.05, 4.69) is 10.6 Å². The molecule has 8 heteroatoms. The molecular weight excluding hydrogens is 412 g/mol. The van der Waals surface area contributed by atoms with Crippen LogP contribution in [-0.2, 0) is 0 Å². The van der Waals surface area contributed by atoms with Gasteiger partial charge in [0.25, 0.3) is 11.8 Å². The minimum atomic E-state index is -0.382. The van der Waals surface area contributed by atoms with Crippen LogP contribution in [0.2, 0.25) is 0 Å². The zero-order valence-electron chi connectivity index (χ0n) is 18.2. The molecule has 0 saturated heterocycles. The fourth-order valence-corrected chi connectivity index (χ4v) is 3.05. The molecule has 0 heterocycles. The van der Waals surface area contributed by atoms with E-state index in [0.29, 0.717) is 45.5 Å². The molecule has 0 spiro atoms. The van der Waals surface area contributed by atoms with E-state index in [-0.39, 0.29) is 11.8 Å². The van der Waals surface area contributed by atoms with Crippen LogP contribution in [0.1, 0.15) is 20.7 Å². The van der Waals surface area contributed by atoms with Crippen molar-refractivity contribution in [3.8, 4) is 23.0 Å². The molecule has 32 heavy (non-hydrogen) atoms. The Balaban J connectivity index is 1.87. The van der Waals surface area contributed by atoms with Crippen LogP contribution >= 0.6 is 0 Å². The number of methoxy groups -OCH3 is 4. The second-order valence-electron chi connectivity index (χ2n) is 6.60. The van der Waals surface area contributed by atoms with Gasteiger partial charge in [-0.15, -0.1) is 0 Å². The highest BCUT2D eigenvalue weighted by Gasteiger charge is 2.18. The van der Waals surface area contributed by atoms with E-state index in [0.717, 1.165) is 0 Å². The highest BCUT2D eigenvalue weighted by atomic mass is 16.5. The lowest BCUT2D eigenvalue weighted by Crippen LogP contribution is -2.15. The Kier molecular flexibility index (Phi) is 7.17. The Hall–Kier alpha value is -4.20. The minimum Gasteiger partial charge on any atom is -0.494 e. The van der Waals surface area contributed by atoms with Crippen molar-refractivity contribution in [2.45, 2.75) is 0 Å². The van der Waals surface area contributed by atoms with Gasteiger partial charge < -0.3 is 29.6 Å². The molecular formula is C24H24N2O6. The zero-order chi connectivity index (χ0) is 23.1. The number of benzene rings is 3. The van der Waals surface area contributed by atoms with E-state index in [4.69, 9.17) is 18.9 Å². The average molecular weight is 436 g/mol. The van der Waals surface area contributed by atoms with Crippen LogP contribution in [0.25, 0.3) is 0 Å². The maximum atomic E-state index is 12.8. The van der Waals surface area contributed by atoms with Gasteiger partial charge in [0.15, 0.2) is 11.5 Å². The Bertz CT molecular complexity index is 1110. The maximum absolute atomic E-state index is 12.8. The zero-order valence-corrected chi connectivity index (χ0v) is 18.2. The fourth-order valence-electron chi connectivity index (χ4n) is 3.05. The summed E-state index contributed by atoms with van der Waals surface area (Å²) in [7, 11) is 5.96. The summed E-state index contributed by atoms with van der Waals surface area (Å²) in [6.45, 7) is 0. The van der Waals surface area contributed by atoms with Gasteiger partial charge >= 0.3 is 0 Å². The van der Waals surface area contributed by atoms with E-state index in [1.54, 1.807) is 54.6 Å². The van der Waals surface area contributed by atoms with E-state index in [1.807, 2.05) is 6.07 Å². The van der Waals surface area contributed by atoms with Crippen LogP contribution in [0, 0.1) is 0 Å². The number of ether oxygens (including phenoxy) is 4. The molecule has 8 nitrogen and oxygen atoms in total. The second kappa shape index (κ2) is 10.2. The first kappa shape index (κ1) is 22.5. The molecule has 0 aliphatic heterocycles. The number of amides is 2. The molecule has 0 aliphatic rings. The van der Waals surface area contributed by atoms with E-state index < -0.39 is 0 Å². The lowest BCUT2D eigenvalue weighted by atomic mass is 10.1. The standard InChI is InChI=1S/C24H24N2O6/c1-29-19-11-10-16(12-22(19)32-4)24(28)26-18-14-20(30-2)17(13-21(18)31-3)25-23(27)15-8-6-5-7-9-15/h5-14H,1-4H3,(H,25,27)(H,26,28). The smallest absolute Gasteiger partial charge is 0.255 e. The van der Waals surface area contributed by atoms with E-state index in [1.165, 1.54) is 28.4 Å². The van der Waals surface area contributed by atoms with Crippen molar-refractivity contribution in [1.29, 1.82) is 0 Å². The molecule has 0 aromatic heterocycles.